The number of aliphatic hydroxyl groups excluding tert-OH is 1. The van der Waals surface area contributed by atoms with Gasteiger partial charge in [0.2, 0.25) is 0 Å². The van der Waals surface area contributed by atoms with Crippen LogP contribution in [0.2, 0.25) is 0 Å². The predicted molar refractivity (Wildman–Crippen MR) is 91.9 cm³/mol. The van der Waals surface area contributed by atoms with Crippen molar-refractivity contribution in [3.8, 4) is 5.75 Å². The molecule has 0 aliphatic heterocycles. The maximum Gasteiger partial charge on any atom is 0.315 e. The largest absolute Gasteiger partial charge is 0.494 e. The van der Waals surface area contributed by atoms with E-state index in [0.717, 1.165) is 22.4 Å². The summed E-state index contributed by atoms with van der Waals surface area (Å²) in [5, 5.41) is 15.9. The number of para-hydroxylation sites is 1. The van der Waals surface area contributed by atoms with E-state index in [0.29, 0.717) is 19.6 Å². The Bertz CT molecular complexity index is 717. The molecule has 3 rings (SSSR count). The van der Waals surface area contributed by atoms with Crippen molar-refractivity contribution in [3.63, 3.8) is 0 Å². The van der Waals surface area contributed by atoms with Crippen LogP contribution in [0.4, 0.5) is 4.79 Å². The van der Waals surface area contributed by atoms with Gasteiger partial charge in [-0.05, 0) is 24.1 Å². The summed E-state index contributed by atoms with van der Waals surface area (Å²) in [4.78, 5) is 12.2. The number of hydrogen-bond acceptors (Lipinski definition) is 3. The molecule has 0 spiro atoms. The number of nitrogens with one attached hydrogen (secondary N) is 2. The first-order chi connectivity index (χ1) is 11.7. The van der Waals surface area contributed by atoms with Crippen LogP contribution in [0.3, 0.4) is 0 Å². The van der Waals surface area contributed by atoms with E-state index in [1.807, 2.05) is 55.5 Å². The zero-order valence-corrected chi connectivity index (χ0v) is 13.7. The molecule has 126 valence electrons. The van der Waals surface area contributed by atoms with Crippen LogP contribution in [0.25, 0.3) is 0 Å². The third-order valence-corrected chi connectivity index (χ3v) is 4.20. The first-order valence-corrected chi connectivity index (χ1v) is 8.20. The Hall–Kier alpha value is -2.53. The predicted octanol–water partition coefficient (Wildman–Crippen LogP) is 2.54. The molecule has 24 heavy (non-hydrogen) atoms. The third kappa shape index (κ3) is 3.51. The number of amides is 2. The van der Waals surface area contributed by atoms with E-state index >= 15 is 0 Å². The van der Waals surface area contributed by atoms with Crippen LogP contribution in [-0.2, 0) is 13.0 Å². The first-order valence-electron chi connectivity index (χ1n) is 8.20. The highest BCUT2D eigenvalue weighted by atomic mass is 16.5. The van der Waals surface area contributed by atoms with Gasteiger partial charge in [0, 0.05) is 18.5 Å². The van der Waals surface area contributed by atoms with E-state index in [-0.39, 0.29) is 12.1 Å². The lowest BCUT2D eigenvalue weighted by atomic mass is 10.1. The normalized spacial score (nSPS) is 18.8. The molecule has 0 saturated heterocycles. The molecular weight excluding hydrogens is 304 g/mol. The minimum absolute atomic E-state index is 0.304. The van der Waals surface area contributed by atoms with Gasteiger partial charge in [-0.1, -0.05) is 42.5 Å². The quantitative estimate of drug-likeness (QED) is 0.791. The molecule has 2 aromatic rings. The van der Waals surface area contributed by atoms with Crippen LogP contribution >= 0.6 is 0 Å². The minimum atomic E-state index is -0.594. The van der Waals surface area contributed by atoms with E-state index < -0.39 is 6.10 Å². The van der Waals surface area contributed by atoms with E-state index in [4.69, 9.17) is 4.74 Å². The second-order valence-electron chi connectivity index (χ2n) is 5.82. The van der Waals surface area contributed by atoms with E-state index in [1.54, 1.807) is 0 Å². The molecule has 1 aliphatic carbocycles. The summed E-state index contributed by atoms with van der Waals surface area (Å²) in [6.45, 7) is 2.87. The molecule has 2 unspecified atom stereocenters. The molecule has 2 atom stereocenters. The fourth-order valence-corrected chi connectivity index (χ4v) is 3.06. The number of aliphatic hydroxyl groups is 1. The first kappa shape index (κ1) is 16.3. The highest BCUT2D eigenvalue weighted by molar-refractivity contribution is 5.75. The molecule has 0 heterocycles. The van der Waals surface area contributed by atoms with Crippen LogP contribution < -0.4 is 15.4 Å². The number of carbonyl (C=O) groups excluding carboxylic acids is 1. The summed E-state index contributed by atoms with van der Waals surface area (Å²) in [5.41, 5.74) is 2.98. The lowest BCUT2D eigenvalue weighted by Gasteiger charge is -2.19. The third-order valence-electron chi connectivity index (χ3n) is 4.20. The van der Waals surface area contributed by atoms with Gasteiger partial charge in [0.15, 0.2) is 0 Å². The second-order valence-corrected chi connectivity index (χ2v) is 5.82. The summed E-state index contributed by atoms with van der Waals surface area (Å²) in [5.74, 6) is 0.770. The Labute approximate surface area is 141 Å². The van der Waals surface area contributed by atoms with Crippen molar-refractivity contribution in [2.75, 3.05) is 6.61 Å². The molecule has 2 amide bonds. The standard InChI is InChI=1S/C19H22N2O3/c1-2-24-17-10-6-4-8-14(17)12-20-19(23)21-18-15-9-5-3-7-13(15)11-16(18)22/h3-10,16,18,22H,2,11-12H2,1H3,(H2,20,21,23). The number of ether oxygens (including phenoxy) is 1. The van der Waals surface area contributed by atoms with Gasteiger partial charge < -0.3 is 20.5 Å². The Kier molecular flexibility index (Phi) is 5.01. The number of fused-ring (bicyclic) bond motifs is 1. The zero-order chi connectivity index (χ0) is 16.9. The van der Waals surface area contributed by atoms with Gasteiger partial charge >= 0.3 is 6.03 Å². The average Bonchev–Trinajstić information content (AvgIpc) is 2.90. The Balaban J connectivity index is 1.61. The molecular formula is C19H22N2O3. The Morgan fingerprint density at radius 3 is 2.79 bits per heavy atom. The van der Waals surface area contributed by atoms with Crippen LogP contribution in [0.5, 0.6) is 5.75 Å². The van der Waals surface area contributed by atoms with Crippen molar-refractivity contribution >= 4 is 6.03 Å². The smallest absolute Gasteiger partial charge is 0.315 e. The molecule has 0 radical (unpaired) electrons. The van der Waals surface area contributed by atoms with Crippen LogP contribution in [0.15, 0.2) is 48.5 Å². The molecule has 1 aliphatic rings. The van der Waals surface area contributed by atoms with Crippen LogP contribution in [0.1, 0.15) is 29.7 Å². The van der Waals surface area contributed by atoms with Crippen LogP contribution in [0, 0.1) is 0 Å². The van der Waals surface area contributed by atoms with Gasteiger partial charge in [-0.2, -0.15) is 0 Å². The van der Waals surface area contributed by atoms with E-state index in [9.17, 15) is 9.90 Å². The monoisotopic (exact) mass is 326 g/mol. The molecule has 0 fully saturated rings. The molecule has 2 aromatic carbocycles. The fraction of sp³-hybridized carbons (Fsp3) is 0.316. The van der Waals surface area contributed by atoms with Crippen molar-refractivity contribution < 1.29 is 14.6 Å². The summed E-state index contributed by atoms with van der Waals surface area (Å²) in [7, 11) is 0. The maximum absolute atomic E-state index is 12.2. The van der Waals surface area contributed by atoms with Gasteiger partial charge in [-0.3, -0.25) is 0 Å². The van der Waals surface area contributed by atoms with Gasteiger partial charge in [0.05, 0.1) is 18.8 Å². The number of carbonyl (C=O) groups is 1. The zero-order valence-electron chi connectivity index (χ0n) is 13.7. The maximum atomic E-state index is 12.2. The van der Waals surface area contributed by atoms with Crippen LogP contribution in [-0.4, -0.2) is 23.8 Å². The van der Waals surface area contributed by atoms with E-state index in [1.165, 1.54) is 0 Å². The van der Waals surface area contributed by atoms with Crippen molar-refractivity contribution in [2.45, 2.75) is 32.0 Å². The molecule has 0 bridgehead atoms. The molecule has 0 aromatic heterocycles. The summed E-state index contributed by atoms with van der Waals surface area (Å²) >= 11 is 0. The fourth-order valence-electron chi connectivity index (χ4n) is 3.06. The topological polar surface area (TPSA) is 70.6 Å². The number of benzene rings is 2. The summed E-state index contributed by atoms with van der Waals surface area (Å²) < 4.78 is 5.55. The second kappa shape index (κ2) is 7.36. The van der Waals surface area contributed by atoms with Gasteiger partial charge in [0.25, 0.3) is 0 Å². The number of rotatable bonds is 5. The van der Waals surface area contributed by atoms with Crippen molar-refractivity contribution in [3.05, 3.63) is 65.2 Å². The average molecular weight is 326 g/mol. The highest BCUT2D eigenvalue weighted by Crippen LogP contribution is 2.31. The Morgan fingerprint density at radius 2 is 1.96 bits per heavy atom. The van der Waals surface area contributed by atoms with Crippen molar-refractivity contribution in [2.24, 2.45) is 0 Å². The SMILES string of the molecule is CCOc1ccccc1CNC(=O)NC1c2ccccc2CC1O. The number of hydrogen-bond donors (Lipinski definition) is 3. The minimum Gasteiger partial charge on any atom is -0.494 e. The highest BCUT2D eigenvalue weighted by Gasteiger charge is 2.31. The molecule has 5 nitrogen and oxygen atoms in total. The van der Waals surface area contributed by atoms with Gasteiger partial charge in [-0.15, -0.1) is 0 Å². The summed E-state index contributed by atoms with van der Waals surface area (Å²) in [6, 6.07) is 14.7. The lowest BCUT2D eigenvalue weighted by molar-refractivity contribution is 0.142. The Morgan fingerprint density at radius 1 is 1.21 bits per heavy atom. The van der Waals surface area contributed by atoms with Crippen molar-refractivity contribution in [1.82, 2.24) is 10.6 Å². The van der Waals surface area contributed by atoms with E-state index in [2.05, 4.69) is 10.6 Å². The summed E-state index contributed by atoms with van der Waals surface area (Å²) in [6.07, 6.45) is -0.0299. The molecule has 0 saturated carbocycles. The number of urea groups is 1. The lowest BCUT2D eigenvalue weighted by Crippen LogP contribution is -2.40. The molecule has 5 heteroatoms. The molecule has 3 N–H and O–H groups in total. The van der Waals surface area contributed by atoms with Crippen molar-refractivity contribution in [1.29, 1.82) is 0 Å². The van der Waals surface area contributed by atoms with Gasteiger partial charge in [0.1, 0.15) is 5.75 Å². The van der Waals surface area contributed by atoms with Gasteiger partial charge in [-0.25, -0.2) is 4.79 Å².